The SMILES string of the molecule is COC1(CCc2ccc(/C=C/CN)cc2)CC1. The first kappa shape index (κ1) is 12.3. The zero-order valence-corrected chi connectivity index (χ0v) is 10.5. The van der Waals surface area contributed by atoms with Crippen molar-refractivity contribution in [3.05, 3.63) is 41.5 Å². The Morgan fingerprint density at radius 3 is 2.53 bits per heavy atom. The average Bonchev–Trinajstić information content (AvgIpc) is 3.16. The summed E-state index contributed by atoms with van der Waals surface area (Å²) in [6.45, 7) is 0.595. The van der Waals surface area contributed by atoms with Crippen molar-refractivity contribution in [2.45, 2.75) is 31.3 Å². The van der Waals surface area contributed by atoms with Crippen molar-refractivity contribution in [3.8, 4) is 0 Å². The second-order valence-corrected chi connectivity index (χ2v) is 4.77. The molecule has 0 atom stereocenters. The molecule has 1 aromatic carbocycles. The zero-order valence-electron chi connectivity index (χ0n) is 10.5. The minimum atomic E-state index is 0.206. The number of ether oxygens (including phenoxy) is 1. The number of hydrogen-bond donors (Lipinski definition) is 1. The van der Waals surface area contributed by atoms with Gasteiger partial charge in [0.2, 0.25) is 0 Å². The third-order valence-electron chi connectivity index (χ3n) is 3.54. The molecule has 17 heavy (non-hydrogen) atoms. The van der Waals surface area contributed by atoms with Gasteiger partial charge in [-0.15, -0.1) is 0 Å². The number of hydrogen-bond acceptors (Lipinski definition) is 2. The van der Waals surface area contributed by atoms with Crippen LogP contribution in [0.5, 0.6) is 0 Å². The Kier molecular flexibility index (Phi) is 3.97. The van der Waals surface area contributed by atoms with E-state index in [0.717, 1.165) is 12.8 Å². The molecule has 92 valence electrons. The monoisotopic (exact) mass is 231 g/mol. The van der Waals surface area contributed by atoms with Crippen LogP contribution < -0.4 is 5.73 Å². The first-order valence-electron chi connectivity index (χ1n) is 6.29. The molecule has 0 aromatic heterocycles. The largest absolute Gasteiger partial charge is 0.378 e. The van der Waals surface area contributed by atoms with E-state index in [0.29, 0.717) is 6.54 Å². The van der Waals surface area contributed by atoms with Crippen molar-refractivity contribution in [2.75, 3.05) is 13.7 Å². The van der Waals surface area contributed by atoms with Crippen molar-refractivity contribution < 1.29 is 4.74 Å². The Balaban J connectivity index is 1.87. The van der Waals surface area contributed by atoms with Crippen molar-refractivity contribution in [1.82, 2.24) is 0 Å². The highest BCUT2D eigenvalue weighted by molar-refractivity contribution is 5.49. The van der Waals surface area contributed by atoms with E-state index in [1.54, 1.807) is 0 Å². The molecule has 0 radical (unpaired) electrons. The predicted octanol–water partition coefficient (Wildman–Crippen LogP) is 2.77. The van der Waals surface area contributed by atoms with Crippen LogP contribution in [0.1, 0.15) is 30.4 Å². The molecule has 0 bridgehead atoms. The maximum absolute atomic E-state index is 5.52. The van der Waals surface area contributed by atoms with Crippen LogP contribution >= 0.6 is 0 Å². The lowest BCUT2D eigenvalue weighted by molar-refractivity contribution is 0.0731. The lowest BCUT2D eigenvalue weighted by Gasteiger charge is -2.12. The van der Waals surface area contributed by atoms with E-state index in [9.17, 15) is 0 Å². The van der Waals surface area contributed by atoms with Gasteiger partial charge in [0.25, 0.3) is 0 Å². The number of aryl methyl sites for hydroxylation is 1. The van der Waals surface area contributed by atoms with Crippen LogP contribution in [-0.2, 0) is 11.2 Å². The first-order chi connectivity index (χ1) is 8.28. The Morgan fingerprint density at radius 2 is 2.00 bits per heavy atom. The fourth-order valence-electron chi connectivity index (χ4n) is 2.07. The van der Waals surface area contributed by atoms with Gasteiger partial charge in [0.15, 0.2) is 0 Å². The van der Waals surface area contributed by atoms with Crippen LogP contribution in [-0.4, -0.2) is 19.3 Å². The summed E-state index contributed by atoms with van der Waals surface area (Å²) in [7, 11) is 1.83. The molecule has 1 aliphatic carbocycles. The molecule has 1 aromatic rings. The summed E-state index contributed by atoms with van der Waals surface area (Å²) in [5.74, 6) is 0. The summed E-state index contributed by atoms with van der Waals surface area (Å²) in [4.78, 5) is 0. The van der Waals surface area contributed by atoms with Crippen LogP contribution in [0.15, 0.2) is 30.3 Å². The van der Waals surface area contributed by atoms with Crippen molar-refractivity contribution in [2.24, 2.45) is 5.73 Å². The van der Waals surface area contributed by atoms with Crippen molar-refractivity contribution in [3.63, 3.8) is 0 Å². The highest BCUT2D eigenvalue weighted by Gasteiger charge is 2.42. The molecule has 2 N–H and O–H groups in total. The summed E-state index contributed by atoms with van der Waals surface area (Å²) < 4.78 is 5.52. The number of methoxy groups -OCH3 is 1. The van der Waals surface area contributed by atoms with Gasteiger partial charge in [0, 0.05) is 13.7 Å². The molecular weight excluding hydrogens is 210 g/mol. The maximum atomic E-state index is 5.52. The minimum absolute atomic E-state index is 0.206. The third-order valence-corrected chi connectivity index (χ3v) is 3.54. The van der Waals surface area contributed by atoms with Crippen LogP contribution in [0.2, 0.25) is 0 Å². The highest BCUT2D eigenvalue weighted by Crippen LogP contribution is 2.42. The standard InChI is InChI=1S/C15H21NO/c1-17-15(10-11-15)9-8-14-6-4-13(5-7-14)3-2-12-16/h2-7H,8-12,16H2,1H3/b3-2+. The number of benzene rings is 1. The second kappa shape index (κ2) is 5.48. The van der Waals surface area contributed by atoms with E-state index in [1.165, 1.54) is 24.0 Å². The smallest absolute Gasteiger partial charge is 0.0684 e. The van der Waals surface area contributed by atoms with E-state index in [-0.39, 0.29) is 5.60 Å². The summed E-state index contributed by atoms with van der Waals surface area (Å²) >= 11 is 0. The second-order valence-electron chi connectivity index (χ2n) is 4.77. The zero-order chi connectivity index (χ0) is 12.1. The molecule has 2 rings (SSSR count). The molecule has 0 amide bonds. The van der Waals surface area contributed by atoms with E-state index in [4.69, 9.17) is 10.5 Å². The van der Waals surface area contributed by atoms with Crippen LogP contribution in [0.3, 0.4) is 0 Å². The van der Waals surface area contributed by atoms with E-state index < -0.39 is 0 Å². The predicted molar refractivity (Wildman–Crippen MR) is 71.8 cm³/mol. The normalized spacial score (nSPS) is 17.5. The molecule has 0 heterocycles. The van der Waals surface area contributed by atoms with Gasteiger partial charge in [-0.1, -0.05) is 36.4 Å². The molecular formula is C15H21NO. The Labute approximate surface area is 103 Å². The lowest BCUT2D eigenvalue weighted by Crippen LogP contribution is -2.12. The van der Waals surface area contributed by atoms with E-state index in [2.05, 4.69) is 30.3 Å². The van der Waals surface area contributed by atoms with Gasteiger partial charge in [0.05, 0.1) is 5.60 Å². The average molecular weight is 231 g/mol. The Bertz CT molecular complexity index is 376. The molecule has 1 saturated carbocycles. The topological polar surface area (TPSA) is 35.2 Å². The molecule has 0 spiro atoms. The fraction of sp³-hybridized carbons (Fsp3) is 0.467. The van der Waals surface area contributed by atoms with E-state index >= 15 is 0 Å². The van der Waals surface area contributed by atoms with Gasteiger partial charge < -0.3 is 10.5 Å². The quantitative estimate of drug-likeness (QED) is 0.817. The molecule has 0 aliphatic heterocycles. The summed E-state index contributed by atoms with van der Waals surface area (Å²) in [5.41, 5.74) is 8.23. The van der Waals surface area contributed by atoms with Crippen molar-refractivity contribution in [1.29, 1.82) is 0 Å². The number of rotatable bonds is 6. The van der Waals surface area contributed by atoms with E-state index in [1.807, 2.05) is 13.2 Å². The fourth-order valence-corrected chi connectivity index (χ4v) is 2.07. The van der Waals surface area contributed by atoms with Gasteiger partial charge in [-0.2, -0.15) is 0 Å². The highest BCUT2D eigenvalue weighted by atomic mass is 16.5. The summed E-state index contributed by atoms with van der Waals surface area (Å²) in [6, 6.07) is 8.69. The van der Waals surface area contributed by atoms with Gasteiger partial charge in [-0.3, -0.25) is 0 Å². The van der Waals surface area contributed by atoms with Gasteiger partial charge in [-0.25, -0.2) is 0 Å². The number of nitrogens with two attached hydrogens (primary N) is 1. The third kappa shape index (κ3) is 3.42. The summed E-state index contributed by atoms with van der Waals surface area (Å²) in [5, 5.41) is 0. The Hall–Kier alpha value is -1.12. The maximum Gasteiger partial charge on any atom is 0.0684 e. The molecule has 2 nitrogen and oxygen atoms in total. The van der Waals surface area contributed by atoms with Crippen LogP contribution in [0.4, 0.5) is 0 Å². The molecule has 1 aliphatic rings. The summed E-state index contributed by atoms with van der Waals surface area (Å²) in [6.07, 6.45) is 8.72. The minimum Gasteiger partial charge on any atom is -0.378 e. The molecule has 0 saturated heterocycles. The van der Waals surface area contributed by atoms with Crippen molar-refractivity contribution >= 4 is 6.08 Å². The van der Waals surface area contributed by atoms with Crippen LogP contribution in [0, 0.1) is 0 Å². The molecule has 0 unspecified atom stereocenters. The van der Waals surface area contributed by atoms with Crippen LogP contribution in [0.25, 0.3) is 6.08 Å². The lowest BCUT2D eigenvalue weighted by atomic mass is 10.0. The Morgan fingerprint density at radius 1 is 1.29 bits per heavy atom. The van der Waals surface area contributed by atoms with Gasteiger partial charge in [0.1, 0.15) is 0 Å². The first-order valence-corrected chi connectivity index (χ1v) is 6.29. The molecule has 1 fully saturated rings. The molecule has 2 heteroatoms. The van der Waals surface area contributed by atoms with Gasteiger partial charge >= 0.3 is 0 Å². The van der Waals surface area contributed by atoms with Gasteiger partial charge in [-0.05, 0) is 36.8 Å².